The van der Waals surface area contributed by atoms with E-state index < -0.39 is 0 Å². The molecule has 0 aliphatic carbocycles. The number of ketones is 1. The molecule has 0 aromatic rings. The molecule has 0 amide bonds. The molecule has 0 atom stereocenters. The van der Waals surface area contributed by atoms with Crippen molar-refractivity contribution in [2.75, 3.05) is 0 Å². The number of carbonyl (C=O) groups excluding carboxylic acids is 1. The highest BCUT2D eigenvalue weighted by molar-refractivity contribution is 6.43. The van der Waals surface area contributed by atoms with Crippen LogP contribution in [-0.4, -0.2) is 11.5 Å². The first-order valence-electron chi connectivity index (χ1n) is 4.80. The largest absolute Gasteiger partial charge is 0.302 e. The van der Waals surface area contributed by atoms with E-state index in [-0.39, 0.29) is 17.4 Å². The van der Waals surface area contributed by atoms with Gasteiger partial charge in [0.05, 0.1) is 5.71 Å². The van der Waals surface area contributed by atoms with Crippen molar-refractivity contribution in [3.8, 4) is 0 Å². The third-order valence-electron chi connectivity index (χ3n) is 1.88. The molecule has 0 aromatic carbocycles. The van der Waals surface area contributed by atoms with E-state index in [0.29, 0.717) is 0 Å². The molecule has 0 heterocycles. The Hall–Kier alpha value is -0.920. The maximum Gasteiger partial charge on any atom is 0.202 e. The first kappa shape index (κ1) is 12.1. The van der Waals surface area contributed by atoms with Gasteiger partial charge in [0.1, 0.15) is 0 Å². The van der Waals surface area contributed by atoms with Gasteiger partial charge in [0.25, 0.3) is 0 Å². The molecule has 0 aliphatic rings. The number of hydrogen-bond acceptors (Lipinski definition) is 2. The third-order valence-corrected chi connectivity index (χ3v) is 1.88. The van der Waals surface area contributed by atoms with Gasteiger partial charge in [-0.1, -0.05) is 33.3 Å². The van der Waals surface area contributed by atoms with Crippen molar-refractivity contribution in [2.24, 2.45) is 5.92 Å². The number of carbonyl (C=O) groups is 1. The number of nitrogens with one attached hydrogen (secondary N) is 1. The third kappa shape index (κ3) is 4.02. The molecular weight excluding hydrogens is 162 g/mol. The smallest absolute Gasteiger partial charge is 0.202 e. The van der Waals surface area contributed by atoms with Gasteiger partial charge in [-0.05, 0) is 24.8 Å². The zero-order valence-electron chi connectivity index (χ0n) is 8.98. The lowest BCUT2D eigenvalue weighted by Crippen LogP contribution is -2.15. The molecule has 0 radical (unpaired) electrons. The van der Waals surface area contributed by atoms with Crippen LogP contribution in [0.25, 0.3) is 0 Å². The number of allylic oxidation sites excluding steroid dienone is 2. The quantitative estimate of drug-likeness (QED) is 0.514. The molecule has 0 saturated heterocycles. The molecule has 2 heteroatoms. The Kier molecular flexibility index (Phi) is 5.28. The highest BCUT2D eigenvalue weighted by Gasteiger charge is 2.14. The number of rotatable bonds is 5. The van der Waals surface area contributed by atoms with Crippen LogP contribution in [-0.2, 0) is 4.79 Å². The maximum atomic E-state index is 11.5. The zero-order chi connectivity index (χ0) is 10.4. The second-order valence-electron chi connectivity index (χ2n) is 3.56. The zero-order valence-corrected chi connectivity index (χ0v) is 8.98. The monoisotopic (exact) mass is 181 g/mol. The van der Waals surface area contributed by atoms with E-state index >= 15 is 0 Å². The average Bonchev–Trinajstić information content (AvgIpc) is 2.04. The van der Waals surface area contributed by atoms with Crippen molar-refractivity contribution >= 4 is 11.5 Å². The Balaban J connectivity index is 4.61. The SMILES string of the molecule is CCC/C=C(/C(=O)C(C)=N)C(C)C. The molecular formula is C11H19NO. The van der Waals surface area contributed by atoms with Crippen molar-refractivity contribution in [2.45, 2.75) is 40.5 Å². The highest BCUT2D eigenvalue weighted by atomic mass is 16.1. The first-order chi connectivity index (χ1) is 6.00. The lowest BCUT2D eigenvalue weighted by Gasteiger charge is -2.08. The summed E-state index contributed by atoms with van der Waals surface area (Å²) in [6.07, 6.45) is 3.93. The molecule has 0 spiro atoms. The van der Waals surface area contributed by atoms with Crippen LogP contribution in [0.3, 0.4) is 0 Å². The van der Waals surface area contributed by atoms with Crippen molar-refractivity contribution in [3.05, 3.63) is 11.6 Å². The summed E-state index contributed by atoms with van der Waals surface area (Å²) >= 11 is 0. The second kappa shape index (κ2) is 5.68. The summed E-state index contributed by atoms with van der Waals surface area (Å²) in [6, 6.07) is 0. The molecule has 0 saturated carbocycles. The van der Waals surface area contributed by atoms with Crippen molar-refractivity contribution < 1.29 is 4.79 Å². The summed E-state index contributed by atoms with van der Waals surface area (Å²) in [5.74, 6) is 0.114. The van der Waals surface area contributed by atoms with Gasteiger partial charge in [0.2, 0.25) is 5.78 Å². The summed E-state index contributed by atoms with van der Waals surface area (Å²) in [4.78, 5) is 11.5. The summed E-state index contributed by atoms with van der Waals surface area (Å²) < 4.78 is 0. The van der Waals surface area contributed by atoms with Gasteiger partial charge in [-0.25, -0.2) is 0 Å². The minimum absolute atomic E-state index is 0.108. The van der Waals surface area contributed by atoms with Crippen LogP contribution in [0.4, 0.5) is 0 Å². The average molecular weight is 181 g/mol. The fourth-order valence-electron chi connectivity index (χ4n) is 1.11. The van der Waals surface area contributed by atoms with Gasteiger partial charge in [0.15, 0.2) is 0 Å². The molecule has 0 fully saturated rings. The van der Waals surface area contributed by atoms with Gasteiger partial charge in [-0.15, -0.1) is 0 Å². The summed E-state index contributed by atoms with van der Waals surface area (Å²) in [5, 5.41) is 7.27. The standard InChI is InChI=1S/C11H19NO/c1-5-6-7-10(8(2)3)11(13)9(4)12/h7-8,12H,5-6H2,1-4H3/b10-7+,12-9?. The van der Waals surface area contributed by atoms with E-state index in [1.807, 2.05) is 19.9 Å². The van der Waals surface area contributed by atoms with E-state index in [0.717, 1.165) is 18.4 Å². The normalized spacial score (nSPS) is 11.9. The molecule has 0 bridgehead atoms. The van der Waals surface area contributed by atoms with Crippen LogP contribution >= 0.6 is 0 Å². The summed E-state index contributed by atoms with van der Waals surface area (Å²) in [5.41, 5.74) is 0.922. The predicted octanol–water partition coefficient (Wildman–Crippen LogP) is 2.98. The molecule has 0 rings (SSSR count). The van der Waals surface area contributed by atoms with Crippen LogP contribution in [0.1, 0.15) is 40.5 Å². The lowest BCUT2D eigenvalue weighted by atomic mass is 9.95. The number of unbranched alkanes of at least 4 members (excludes halogenated alkanes) is 1. The van der Waals surface area contributed by atoms with Gasteiger partial charge in [-0.3, -0.25) is 4.79 Å². The maximum absolute atomic E-state index is 11.5. The van der Waals surface area contributed by atoms with E-state index in [4.69, 9.17) is 5.41 Å². The molecule has 74 valence electrons. The van der Waals surface area contributed by atoms with E-state index in [1.165, 1.54) is 0 Å². The lowest BCUT2D eigenvalue weighted by molar-refractivity contribution is -0.110. The summed E-state index contributed by atoms with van der Waals surface area (Å²) in [6.45, 7) is 7.60. The Morgan fingerprint density at radius 1 is 1.46 bits per heavy atom. The second-order valence-corrected chi connectivity index (χ2v) is 3.56. The van der Waals surface area contributed by atoms with E-state index in [9.17, 15) is 4.79 Å². The van der Waals surface area contributed by atoms with E-state index in [2.05, 4.69) is 6.92 Å². The van der Waals surface area contributed by atoms with Gasteiger partial charge < -0.3 is 5.41 Å². The fourth-order valence-corrected chi connectivity index (χ4v) is 1.11. The molecule has 0 aliphatic heterocycles. The summed E-state index contributed by atoms with van der Waals surface area (Å²) in [7, 11) is 0. The number of Topliss-reactive ketones (excluding diaryl/α,β-unsaturated/α-hetero) is 1. The Morgan fingerprint density at radius 2 is 2.00 bits per heavy atom. The molecule has 0 unspecified atom stereocenters. The molecule has 13 heavy (non-hydrogen) atoms. The van der Waals surface area contributed by atoms with Gasteiger partial charge >= 0.3 is 0 Å². The van der Waals surface area contributed by atoms with Crippen LogP contribution in [0.2, 0.25) is 0 Å². The topological polar surface area (TPSA) is 40.9 Å². The van der Waals surface area contributed by atoms with Crippen LogP contribution in [0.15, 0.2) is 11.6 Å². The van der Waals surface area contributed by atoms with Crippen molar-refractivity contribution in [1.29, 1.82) is 5.41 Å². The molecule has 2 nitrogen and oxygen atoms in total. The van der Waals surface area contributed by atoms with Crippen LogP contribution < -0.4 is 0 Å². The molecule has 1 N–H and O–H groups in total. The van der Waals surface area contributed by atoms with Crippen LogP contribution in [0.5, 0.6) is 0 Å². The first-order valence-corrected chi connectivity index (χ1v) is 4.80. The predicted molar refractivity (Wildman–Crippen MR) is 56.2 cm³/mol. The highest BCUT2D eigenvalue weighted by Crippen LogP contribution is 2.12. The van der Waals surface area contributed by atoms with Gasteiger partial charge in [0, 0.05) is 0 Å². The Bertz CT molecular complexity index is 226. The van der Waals surface area contributed by atoms with Crippen molar-refractivity contribution in [1.82, 2.24) is 0 Å². The molecule has 0 aromatic heterocycles. The fraction of sp³-hybridized carbons (Fsp3) is 0.636. The van der Waals surface area contributed by atoms with Crippen molar-refractivity contribution in [3.63, 3.8) is 0 Å². The minimum Gasteiger partial charge on any atom is -0.302 e. The van der Waals surface area contributed by atoms with Crippen LogP contribution in [0, 0.1) is 11.3 Å². The van der Waals surface area contributed by atoms with E-state index in [1.54, 1.807) is 6.92 Å². The Morgan fingerprint density at radius 3 is 2.31 bits per heavy atom. The Labute approximate surface area is 80.5 Å². The van der Waals surface area contributed by atoms with Gasteiger partial charge in [-0.2, -0.15) is 0 Å². The minimum atomic E-state index is -0.108. The number of hydrogen-bond donors (Lipinski definition) is 1.